The maximum absolute atomic E-state index is 14.1. The van der Waals surface area contributed by atoms with Crippen LogP contribution in [0.15, 0.2) is 48.5 Å². The second-order valence-corrected chi connectivity index (χ2v) is 8.64. The molecule has 3 aromatic carbocycles. The lowest BCUT2D eigenvalue weighted by molar-refractivity contribution is 0.0978. The average molecular weight is 541 g/mol. The maximum atomic E-state index is 14.1. The molecule has 0 atom stereocenters. The molecular formula is C24H18ClF5N4OS. The molecule has 0 aromatic heterocycles. The van der Waals surface area contributed by atoms with Crippen molar-refractivity contribution in [3.63, 3.8) is 0 Å². The molecule has 0 spiro atoms. The van der Waals surface area contributed by atoms with Crippen molar-refractivity contribution >= 4 is 51.9 Å². The van der Waals surface area contributed by atoms with Gasteiger partial charge >= 0.3 is 0 Å². The number of amides is 1. The number of benzene rings is 3. The smallest absolute Gasteiger partial charge is 0.258 e. The van der Waals surface area contributed by atoms with Gasteiger partial charge in [-0.15, -0.1) is 0 Å². The standard InChI is InChI=1S/C24H18ClF5N4OS/c25-16-4-2-1-3-15(16)23(35)32-24(36)31-13-5-7-14(8-6-13)33-9-11-34(12-10-33)22-20(29)18(27)17(26)19(28)21(22)30/h1-8H,9-12H2,(H2,31,32,35,36). The van der Waals surface area contributed by atoms with E-state index in [1.807, 2.05) is 4.90 Å². The number of thiocarbonyl (C=S) groups is 1. The van der Waals surface area contributed by atoms with Crippen molar-refractivity contribution in [3.05, 3.63) is 88.2 Å². The van der Waals surface area contributed by atoms with E-state index in [2.05, 4.69) is 10.6 Å². The topological polar surface area (TPSA) is 47.6 Å². The average Bonchev–Trinajstić information content (AvgIpc) is 2.87. The zero-order valence-electron chi connectivity index (χ0n) is 18.4. The third-order valence-electron chi connectivity index (χ3n) is 5.62. The highest BCUT2D eigenvalue weighted by atomic mass is 35.5. The summed E-state index contributed by atoms with van der Waals surface area (Å²) in [4.78, 5) is 15.4. The molecule has 188 valence electrons. The molecule has 2 N–H and O–H groups in total. The van der Waals surface area contributed by atoms with Gasteiger partial charge in [0.25, 0.3) is 5.91 Å². The van der Waals surface area contributed by atoms with E-state index < -0.39 is 40.7 Å². The van der Waals surface area contributed by atoms with E-state index in [9.17, 15) is 26.7 Å². The zero-order chi connectivity index (χ0) is 26.0. The van der Waals surface area contributed by atoms with Crippen LogP contribution in [0.3, 0.4) is 0 Å². The van der Waals surface area contributed by atoms with E-state index in [1.54, 1.807) is 48.5 Å². The fourth-order valence-corrected chi connectivity index (χ4v) is 4.23. The molecule has 1 amide bonds. The quantitative estimate of drug-likeness (QED) is 0.198. The van der Waals surface area contributed by atoms with E-state index in [1.165, 1.54) is 0 Å². The van der Waals surface area contributed by atoms with E-state index in [0.29, 0.717) is 23.8 Å². The summed E-state index contributed by atoms with van der Waals surface area (Å²) in [7, 11) is 0. The Morgan fingerprint density at radius 1 is 0.778 bits per heavy atom. The van der Waals surface area contributed by atoms with Crippen LogP contribution in [0, 0.1) is 29.1 Å². The molecule has 12 heteroatoms. The summed E-state index contributed by atoms with van der Waals surface area (Å²) in [5.74, 6) is -10.2. The summed E-state index contributed by atoms with van der Waals surface area (Å²) in [5.41, 5.74) is 0.744. The van der Waals surface area contributed by atoms with Crippen LogP contribution in [0.25, 0.3) is 0 Å². The van der Waals surface area contributed by atoms with E-state index in [-0.39, 0.29) is 23.8 Å². The van der Waals surface area contributed by atoms with Crippen molar-refractivity contribution in [1.29, 1.82) is 0 Å². The van der Waals surface area contributed by atoms with E-state index in [0.717, 1.165) is 10.6 Å². The molecule has 0 unspecified atom stereocenters. The fourth-order valence-electron chi connectivity index (χ4n) is 3.79. The van der Waals surface area contributed by atoms with Gasteiger partial charge in [0.05, 0.1) is 10.6 Å². The van der Waals surface area contributed by atoms with Crippen LogP contribution >= 0.6 is 23.8 Å². The van der Waals surface area contributed by atoms with Crippen molar-refractivity contribution in [3.8, 4) is 0 Å². The van der Waals surface area contributed by atoms with Crippen molar-refractivity contribution in [2.75, 3.05) is 41.3 Å². The highest BCUT2D eigenvalue weighted by Crippen LogP contribution is 2.31. The van der Waals surface area contributed by atoms with Gasteiger partial charge in [-0.3, -0.25) is 10.1 Å². The van der Waals surface area contributed by atoms with Gasteiger partial charge in [-0.1, -0.05) is 23.7 Å². The summed E-state index contributed by atoms with van der Waals surface area (Å²) < 4.78 is 68.7. The summed E-state index contributed by atoms with van der Waals surface area (Å²) in [6.45, 7) is 0.685. The Bertz CT molecular complexity index is 1290. The number of hydrogen-bond acceptors (Lipinski definition) is 4. The SMILES string of the molecule is O=C(NC(=S)Nc1ccc(N2CCN(c3c(F)c(F)c(F)c(F)c3F)CC2)cc1)c1ccccc1Cl. The number of nitrogens with zero attached hydrogens (tertiary/aromatic N) is 2. The lowest BCUT2D eigenvalue weighted by Gasteiger charge is -2.37. The Labute approximate surface area is 213 Å². The van der Waals surface area contributed by atoms with Crippen LogP contribution in [0.5, 0.6) is 0 Å². The number of anilines is 3. The molecule has 3 aromatic rings. The Morgan fingerprint density at radius 2 is 1.31 bits per heavy atom. The van der Waals surface area contributed by atoms with Gasteiger partial charge in [-0.25, -0.2) is 22.0 Å². The van der Waals surface area contributed by atoms with Crippen molar-refractivity contribution in [2.45, 2.75) is 0 Å². The van der Waals surface area contributed by atoms with Crippen molar-refractivity contribution in [2.24, 2.45) is 0 Å². The van der Waals surface area contributed by atoms with Crippen LogP contribution < -0.4 is 20.4 Å². The molecule has 0 bridgehead atoms. The highest BCUT2D eigenvalue weighted by Gasteiger charge is 2.30. The summed E-state index contributed by atoms with van der Waals surface area (Å²) >= 11 is 11.2. The third kappa shape index (κ3) is 5.21. The molecule has 5 nitrogen and oxygen atoms in total. The minimum atomic E-state index is -2.18. The van der Waals surface area contributed by atoms with Gasteiger partial charge in [0.15, 0.2) is 28.4 Å². The van der Waals surface area contributed by atoms with Gasteiger partial charge in [0.2, 0.25) is 5.82 Å². The van der Waals surface area contributed by atoms with E-state index >= 15 is 0 Å². The van der Waals surface area contributed by atoms with Gasteiger partial charge in [0, 0.05) is 37.6 Å². The molecule has 1 fully saturated rings. The first-order valence-electron chi connectivity index (χ1n) is 10.7. The molecule has 0 aliphatic carbocycles. The minimum absolute atomic E-state index is 0.0521. The normalized spacial score (nSPS) is 13.5. The number of carbonyl (C=O) groups excluding carboxylic acids is 1. The van der Waals surface area contributed by atoms with Crippen LogP contribution in [0.2, 0.25) is 5.02 Å². The first-order valence-corrected chi connectivity index (χ1v) is 11.4. The van der Waals surface area contributed by atoms with Crippen molar-refractivity contribution < 1.29 is 26.7 Å². The predicted octanol–water partition coefficient (Wildman–Crippen LogP) is 5.49. The molecule has 1 saturated heterocycles. The molecule has 0 saturated carbocycles. The fraction of sp³-hybridized carbons (Fsp3) is 0.167. The molecular weight excluding hydrogens is 523 g/mol. The number of carbonyl (C=O) groups is 1. The van der Waals surface area contributed by atoms with Crippen LogP contribution in [0.1, 0.15) is 10.4 Å². The second kappa shape index (κ2) is 10.7. The molecule has 4 rings (SSSR count). The molecule has 1 aliphatic heterocycles. The van der Waals surface area contributed by atoms with Crippen LogP contribution in [0.4, 0.5) is 39.0 Å². The monoisotopic (exact) mass is 540 g/mol. The number of rotatable bonds is 4. The lowest BCUT2D eigenvalue weighted by Crippen LogP contribution is -2.47. The Balaban J connectivity index is 1.35. The first-order chi connectivity index (χ1) is 17.2. The molecule has 1 aliphatic rings. The zero-order valence-corrected chi connectivity index (χ0v) is 20.0. The summed E-state index contributed by atoms with van der Waals surface area (Å²) in [6, 6.07) is 13.5. The number of hydrogen-bond donors (Lipinski definition) is 2. The first kappa shape index (κ1) is 25.6. The van der Waals surface area contributed by atoms with Gasteiger partial charge in [-0.2, -0.15) is 0 Å². The van der Waals surface area contributed by atoms with Gasteiger partial charge in [0.1, 0.15) is 5.69 Å². The molecule has 0 radical (unpaired) electrons. The summed E-state index contributed by atoms with van der Waals surface area (Å²) in [5, 5.41) is 5.81. The largest absolute Gasteiger partial charge is 0.368 e. The highest BCUT2D eigenvalue weighted by molar-refractivity contribution is 7.80. The predicted molar refractivity (Wildman–Crippen MR) is 132 cm³/mol. The van der Waals surface area contributed by atoms with Gasteiger partial charge < -0.3 is 15.1 Å². The van der Waals surface area contributed by atoms with Crippen LogP contribution in [-0.4, -0.2) is 37.2 Å². The van der Waals surface area contributed by atoms with Crippen LogP contribution in [-0.2, 0) is 0 Å². The van der Waals surface area contributed by atoms with Crippen molar-refractivity contribution in [1.82, 2.24) is 5.32 Å². The lowest BCUT2D eigenvalue weighted by atomic mass is 10.2. The van der Waals surface area contributed by atoms with E-state index in [4.69, 9.17) is 23.8 Å². The Morgan fingerprint density at radius 3 is 1.89 bits per heavy atom. The number of nitrogens with one attached hydrogen (secondary N) is 2. The maximum Gasteiger partial charge on any atom is 0.258 e. The number of halogens is 6. The Kier molecular flexibility index (Phi) is 7.60. The third-order valence-corrected chi connectivity index (χ3v) is 6.15. The summed E-state index contributed by atoms with van der Waals surface area (Å²) in [6.07, 6.45) is 0. The second-order valence-electron chi connectivity index (χ2n) is 7.83. The molecule has 1 heterocycles. The minimum Gasteiger partial charge on any atom is -0.368 e. The Hall–Kier alpha value is -3.44. The number of piperazine rings is 1. The molecule has 36 heavy (non-hydrogen) atoms. The van der Waals surface area contributed by atoms with Gasteiger partial charge in [-0.05, 0) is 48.6 Å².